The zero-order chi connectivity index (χ0) is 13.0. The van der Waals surface area contributed by atoms with Crippen molar-refractivity contribution in [3.8, 4) is 0 Å². The van der Waals surface area contributed by atoms with Gasteiger partial charge in [-0.15, -0.1) is 0 Å². The van der Waals surface area contributed by atoms with Gasteiger partial charge < -0.3 is 4.98 Å². The summed E-state index contributed by atoms with van der Waals surface area (Å²) in [6.45, 7) is 2.15. The maximum atomic E-state index is 5.28. The van der Waals surface area contributed by atoms with E-state index in [2.05, 4.69) is 45.0 Å². The fourth-order valence-corrected chi connectivity index (χ4v) is 2.47. The van der Waals surface area contributed by atoms with Gasteiger partial charge in [-0.05, 0) is 27.9 Å². The van der Waals surface area contributed by atoms with Crippen molar-refractivity contribution in [2.24, 2.45) is 0 Å². The number of nitrogens with zero attached hydrogens (tertiary/aromatic N) is 1. The van der Waals surface area contributed by atoms with Gasteiger partial charge in [0.25, 0.3) is 0 Å². The molecule has 0 bridgehead atoms. The van der Waals surface area contributed by atoms with Crippen molar-refractivity contribution >= 4 is 28.1 Å². The van der Waals surface area contributed by atoms with Gasteiger partial charge in [0, 0.05) is 12.1 Å². The highest BCUT2D eigenvalue weighted by atomic mass is 79.9. The van der Waals surface area contributed by atoms with Crippen molar-refractivity contribution in [3.63, 3.8) is 0 Å². The third kappa shape index (κ3) is 3.27. The Morgan fingerprint density at radius 1 is 1.28 bits per heavy atom. The van der Waals surface area contributed by atoms with Crippen LogP contribution in [0.3, 0.4) is 0 Å². The van der Waals surface area contributed by atoms with Crippen LogP contribution in [0.4, 0.5) is 0 Å². The van der Waals surface area contributed by atoms with E-state index in [9.17, 15) is 0 Å². The van der Waals surface area contributed by atoms with Crippen molar-refractivity contribution in [2.45, 2.75) is 26.2 Å². The first-order valence-corrected chi connectivity index (χ1v) is 7.22. The van der Waals surface area contributed by atoms with Gasteiger partial charge >= 0.3 is 0 Å². The van der Waals surface area contributed by atoms with Crippen LogP contribution >= 0.6 is 28.1 Å². The average Bonchev–Trinajstić information content (AvgIpc) is 2.37. The molecule has 1 N–H and O–H groups in total. The van der Waals surface area contributed by atoms with Crippen LogP contribution in [0.15, 0.2) is 34.8 Å². The van der Waals surface area contributed by atoms with Crippen LogP contribution in [-0.2, 0) is 12.8 Å². The Balaban J connectivity index is 2.32. The van der Waals surface area contributed by atoms with E-state index in [0.717, 1.165) is 35.3 Å². The molecule has 0 spiro atoms. The normalized spacial score (nSPS) is 10.6. The van der Waals surface area contributed by atoms with E-state index < -0.39 is 0 Å². The largest absolute Gasteiger partial charge is 0.346 e. The zero-order valence-corrected chi connectivity index (χ0v) is 12.6. The number of aryl methyl sites for hydroxylation is 1. The highest BCUT2D eigenvalue weighted by Gasteiger charge is 2.06. The molecule has 1 aromatic heterocycles. The monoisotopic (exact) mass is 322 g/mol. The van der Waals surface area contributed by atoms with Crippen LogP contribution in [0.5, 0.6) is 0 Å². The van der Waals surface area contributed by atoms with E-state index in [1.807, 2.05) is 18.2 Å². The first-order chi connectivity index (χ1) is 8.70. The maximum Gasteiger partial charge on any atom is 0.144 e. The summed E-state index contributed by atoms with van der Waals surface area (Å²) in [7, 11) is 0. The van der Waals surface area contributed by atoms with Gasteiger partial charge in [0.2, 0.25) is 0 Å². The van der Waals surface area contributed by atoms with E-state index in [1.54, 1.807) is 0 Å². The summed E-state index contributed by atoms with van der Waals surface area (Å²) in [5, 5.41) is 0. The van der Waals surface area contributed by atoms with Gasteiger partial charge in [-0.25, -0.2) is 4.98 Å². The Hall–Kier alpha value is -1.00. The molecule has 0 aliphatic heterocycles. The zero-order valence-electron chi connectivity index (χ0n) is 10.2. The third-order valence-electron chi connectivity index (χ3n) is 2.70. The van der Waals surface area contributed by atoms with E-state index in [1.165, 1.54) is 5.56 Å². The predicted octanol–water partition coefficient (Wildman–Crippen LogP) is 4.44. The number of halogens is 1. The number of H-pyrrole nitrogens is 1. The fraction of sp³-hybridized carbons (Fsp3) is 0.286. The first kappa shape index (κ1) is 13.4. The number of hydrogen-bond donors (Lipinski definition) is 1. The molecule has 0 saturated heterocycles. The molecule has 0 unspecified atom stereocenters. The molecule has 0 amide bonds. The summed E-state index contributed by atoms with van der Waals surface area (Å²) in [6.07, 6.45) is 2.85. The minimum Gasteiger partial charge on any atom is -0.346 e. The third-order valence-corrected chi connectivity index (χ3v) is 4.11. The molecule has 0 saturated carbocycles. The molecule has 1 heterocycles. The van der Waals surface area contributed by atoms with Crippen LogP contribution < -0.4 is 0 Å². The molecule has 0 aliphatic carbocycles. The van der Waals surface area contributed by atoms with Gasteiger partial charge in [0.15, 0.2) is 0 Å². The van der Waals surface area contributed by atoms with Crippen LogP contribution in [0.2, 0.25) is 0 Å². The predicted molar refractivity (Wildman–Crippen MR) is 80.4 cm³/mol. The number of aromatic amines is 1. The minimum atomic E-state index is 0.642. The Kier molecular flexibility index (Phi) is 4.66. The molecule has 1 aromatic carbocycles. The van der Waals surface area contributed by atoms with Crippen molar-refractivity contribution in [3.05, 3.63) is 56.5 Å². The lowest BCUT2D eigenvalue weighted by molar-refractivity contribution is 0.830. The Bertz CT molecular complexity index is 578. The topological polar surface area (TPSA) is 28.7 Å². The lowest BCUT2D eigenvalue weighted by Gasteiger charge is -2.07. The van der Waals surface area contributed by atoms with Gasteiger partial charge in [-0.2, -0.15) is 0 Å². The van der Waals surface area contributed by atoms with Gasteiger partial charge in [-0.3, -0.25) is 0 Å². The smallest absolute Gasteiger partial charge is 0.144 e. The quantitative estimate of drug-likeness (QED) is 0.843. The molecule has 0 aliphatic rings. The van der Waals surface area contributed by atoms with Crippen molar-refractivity contribution < 1.29 is 0 Å². The second kappa shape index (κ2) is 6.25. The van der Waals surface area contributed by atoms with Crippen LogP contribution in [-0.4, -0.2) is 9.97 Å². The number of aromatic nitrogens is 2. The van der Waals surface area contributed by atoms with Gasteiger partial charge in [0.1, 0.15) is 10.5 Å². The summed E-state index contributed by atoms with van der Waals surface area (Å²) >= 11 is 8.78. The second-order valence-electron chi connectivity index (χ2n) is 4.19. The number of rotatable bonds is 4. The molecule has 2 aromatic rings. The highest BCUT2D eigenvalue weighted by molar-refractivity contribution is 9.10. The van der Waals surface area contributed by atoms with Crippen molar-refractivity contribution in [2.75, 3.05) is 0 Å². The molecular weight excluding hydrogens is 308 g/mol. The lowest BCUT2D eigenvalue weighted by atomic mass is 10.1. The summed E-state index contributed by atoms with van der Waals surface area (Å²) in [4.78, 5) is 7.80. The molecule has 94 valence electrons. The maximum absolute atomic E-state index is 5.28. The summed E-state index contributed by atoms with van der Waals surface area (Å²) in [5.41, 5.74) is 2.38. The number of hydrogen-bond acceptors (Lipinski definition) is 2. The van der Waals surface area contributed by atoms with Crippen LogP contribution in [0.1, 0.15) is 30.4 Å². The SMILES string of the molecule is CCCc1[nH]c(Cc2ccccc2)nc(=S)c1Br. The molecular formula is C14H15BrN2S. The summed E-state index contributed by atoms with van der Waals surface area (Å²) < 4.78 is 1.57. The van der Waals surface area contributed by atoms with Gasteiger partial charge in [0.05, 0.1) is 4.47 Å². The summed E-state index contributed by atoms with van der Waals surface area (Å²) in [5.74, 6) is 0.929. The Morgan fingerprint density at radius 3 is 2.67 bits per heavy atom. The summed E-state index contributed by atoms with van der Waals surface area (Å²) in [6, 6.07) is 10.3. The van der Waals surface area contributed by atoms with E-state index >= 15 is 0 Å². The number of benzene rings is 1. The molecule has 2 nitrogen and oxygen atoms in total. The molecule has 0 radical (unpaired) electrons. The highest BCUT2D eigenvalue weighted by Crippen LogP contribution is 2.18. The van der Waals surface area contributed by atoms with E-state index in [-0.39, 0.29) is 0 Å². The lowest BCUT2D eigenvalue weighted by Crippen LogP contribution is -2.02. The standard InChI is InChI=1S/C14H15BrN2S/c1-2-6-11-13(15)14(18)17-12(16-11)9-10-7-4-3-5-8-10/h3-5,7-8H,2,6,9H2,1H3,(H,16,17,18). The molecule has 0 fully saturated rings. The molecule has 0 atom stereocenters. The van der Waals surface area contributed by atoms with Crippen molar-refractivity contribution in [1.82, 2.24) is 9.97 Å². The van der Waals surface area contributed by atoms with Crippen LogP contribution in [0.25, 0.3) is 0 Å². The minimum absolute atomic E-state index is 0.642. The van der Waals surface area contributed by atoms with Gasteiger partial charge in [-0.1, -0.05) is 55.9 Å². The molecule has 4 heteroatoms. The van der Waals surface area contributed by atoms with E-state index in [0.29, 0.717) is 4.64 Å². The molecule has 18 heavy (non-hydrogen) atoms. The Labute approximate surface area is 121 Å². The molecule has 2 rings (SSSR count). The second-order valence-corrected chi connectivity index (χ2v) is 5.37. The fourth-order valence-electron chi connectivity index (χ4n) is 1.85. The van der Waals surface area contributed by atoms with Crippen LogP contribution in [0, 0.1) is 4.64 Å². The average molecular weight is 323 g/mol. The van der Waals surface area contributed by atoms with E-state index in [4.69, 9.17) is 12.2 Å². The first-order valence-electron chi connectivity index (χ1n) is 6.02. The number of nitrogens with one attached hydrogen (secondary N) is 1. The van der Waals surface area contributed by atoms with Crippen molar-refractivity contribution in [1.29, 1.82) is 0 Å². The Morgan fingerprint density at radius 2 is 2.00 bits per heavy atom.